The molecule has 0 spiro atoms. The van der Waals surface area contributed by atoms with Crippen LogP contribution < -0.4 is 16.0 Å². The lowest BCUT2D eigenvalue weighted by atomic mass is 10.1. The molecule has 3 N–H and O–H groups in total. The minimum Gasteiger partial charge on any atom is -0.350 e. The SMILES string of the molecule is CNCCCC(=O)Nc1ccccc1C(=O)NC(C)C.Cl. The zero-order chi connectivity index (χ0) is 15.0. The van der Waals surface area contributed by atoms with Crippen LogP contribution in [0, 0.1) is 0 Å². The van der Waals surface area contributed by atoms with Gasteiger partial charge in [0.2, 0.25) is 5.91 Å². The van der Waals surface area contributed by atoms with Crippen LogP contribution in [0.25, 0.3) is 0 Å². The van der Waals surface area contributed by atoms with E-state index in [2.05, 4.69) is 16.0 Å². The Morgan fingerprint density at radius 1 is 1.19 bits per heavy atom. The molecule has 0 aliphatic rings. The first kappa shape index (κ1) is 19.4. The Bertz CT molecular complexity index is 464. The van der Waals surface area contributed by atoms with Crippen molar-refractivity contribution in [2.45, 2.75) is 32.7 Å². The van der Waals surface area contributed by atoms with Crippen LogP contribution in [0.3, 0.4) is 0 Å². The fraction of sp³-hybridized carbons (Fsp3) is 0.467. The first-order valence-electron chi connectivity index (χ1n) is 6.89. The van der Waals surface area contributed by atoms with Gasteiger partial charge in [0.25, 0.3) is 5.91 Å². The summed E-state index contributed by atoms with van der Waals surface area (Å²) in [6.07, 6.45) is 1.20. The molecule has 0 radical (unpaired) electrons. The Morgan fingerprint density at radius 3 is 2.48 bits per heavy atom. The van der Waals surface area contributed by atoms with Crippen LogP contribution in [0.5, 0.6) is 0 Å². The maximum absolute atomic E-state index is 12.0. The second kappa shape index (κ2) is 10.2. The third kappa shape index (κ3) is 7.11. The molecule has 1 aromatic carbocycles. The molecule has 0 aliphatic carbocycles. The summed E-state index contributed by atoms with van der Waals surface area (Å²) >= 11 is 0. The molecule has 0 atom stereocenters. The predicted molar refractivity (Wildman–Crippen MR) is 88.1 cm³/mol. The number of benzene rings is 1. The van der Waals surface area contributed by atoms with Crippen molar-refractivity contribution < 1.29 is 9.59 Å². The summed E-state index contributed by atoms with van der Waals surface area (Å²) in [6.45, 7) is 4.59. The lowest BCUT2D eigenvalue weighted by Gasteiger charge is -2.13. The topological polar surface area (TPSA) is 70.2 Å². The minimum absolute atomic E-state index is 0. The zero-order valence-electron chi connectivity index (χ0n) is 12.7. The molecule has 0 aromatic heterocycles. The maximum Gasteiger partial charge on any atom is 0.253 e. The summed E-state index contributed by atoms with van der Waals surface area (Å²) in [7, 11) is 1.85. The van der Waals surface area contributed by atoms with E-state index in [1.54, 1.807) is 24.3 Å². The van der Waals surface area contributed by atoms with Crippen LogP contribution in [0.15, 0.2) is 24.3 Å². The molecule has 0 heterocycles. The van der Waals surface area contributed by atoms with Crippen LogP contribution in [-0.2, 0) is 4.79 Å². The summed E-state index contributed by atoms with van der Waals surface area (Å²) in [4.78, 5) is 23.9. The van der Waals surface area contributed by atoms with Crippen molar-refractivity contribution in [1.29, 1.82) is 0 Å². The third-order valence-corrected chi connectivity index (χ3v) is 2.70. The molecule has 0 fully saturated rings. The first-order valence-corrected chi connectivity index (χ1v) is 6.89. The van der Waals surface area contributed by atoms with Crippen molar-refractivity contribution >= 4 is 29.9 Å². The minimum atomic E-state index is -0.175. The van der Waals surface area contributed by atoms with Crippen molar-refractivity contribution in [2.75, 3.05) is 18.9 Å². The van der Waals surface area contributed by atoms with E-state index in [1.807, 2.05) is 20.9 Å². The average Bonchev–Trinajstić information content (AvgIpc) is 2.38. The van der Waals surface area contributed by atoms with Crippen molar-refractivity contribution in [3.05, 3.63) is 29.8 Å². The van der Waals surface area contributed by atoms with Gasteiger partial charge in [-0.15, -0.1) is 12.4 Å². The third-order valence-electron chi connectivity index (χ3n) is 2.70. The zero-order valence-corrected chi connectivity index (χ0v) is 13.5. The van der Waals surface area contributed by atoms with Gasteiger partial charge in [-0.05, 0) is 46.0 Å². The van der Waals surface area contributed by atoms with Crippen molar-refractivity contribution in [2.24, 2.45) is 0 Å². The molecule has 21 heavy (non-hydrogen) atoms. The molecule has 0 saturated heterocycles. The van der Waals surface area contributed by atoms with Gasteiger partial charge < -0.3 is 16.0 Å². The van der Waals surface area contributed by atoms with E-state index in [-0.39, 0.29) is 30.3 Å². The van der Waals surface area contributed by atoms with Crippen molar-refractivity contribution in [3.63, 3.8) is 0 Å². The number of amides is 2. The Balaban J connectivity index is 0.00000400. The molecule has 6 heteroatoms. The number of halogens is 1. The Kier molecular flexibility index (Phi) is 9.41. The lowest BCUT2D eigenvalue weighted by Crippen LogP contribution is -2.31. The monoisotopic (exact) mass is 313 g/mol. The van der Waals surface area contributed by atoms with Gasteiger partial charge in [0.05, 0.1) is 11.3 Å². The van der Waals surface area contributed by atoms with Crippen LogP contribution in [0.2, 0.25) is 0 Å². The maximum atomic E-state index is 12.0. The Labute approximate surface area is 132 Å². The number of carbonyl (C=O) groups excluding carboxylic acids is 2. The highest BCUT2D eigenvalue weighted by atomic mass is 35.5. The Morgan fingerprint density at radius 2 is 1.86 bits per heavy atom. The van der Waals surface area contributed by atoms with E-state index in [9.17, 15) is 9.59 Å². The quantitative estimate of drug-likeness (QED) is 0.676. The van der Waals surface area contributed by atoms with E-state index in [0.717, 1.165) is 13.0 Å². The normalized spacial score (nSPS) is 9.90. The predicted octanol–water partition coefficient (Wildman–Crippen LogP) is 2.18. The van der Waals surface area contributed by atoms with Gasteiger partial charge >= 0.3 is 0 Å². The first-order chi connectivity index (χ1) is 9.54. The fourth-order valence-corrected chi connectivity index (χ4v) is 1.77. The van der Waals surface area contributed by atoms with Gasteiger partial charge in [0, 0.05) is 12.5 Å². The molecule has 0 saturated carbocycles. The van der Waals surface area contributed by atoms with E-state index in [1.165, 1.54) is 0 Å². The number of carbonyl (C=O) groups is 2. The summed E-state index contributed by atoms with van der Waals surface area (Å²) in [5.41, 5.74) is 1.04. The number of rotatable bonds is 7. The van der Waals surface area contributed by atoms with Gasteiger partial charge in [-0.3, -0.25) is 9.59 Å². The molecular formula is C15H24ClN3O2. The molecule has 0 unspecified atom stereocenters. The second-order valence-electron chi connectivity index (χ2n) is 4.93. The molecule has 5 nitrogen and oxygen atoms in total. The summed E-state index contributed by atoms with van der Waals surface area (Å²) < 4.78 is 0. The lowest BCUT2D eigenvalue weighted by molar-refractivity contribution is -0.116. The molecular weight excluding hydrogens is 290 g/mol. The molecule has 0 bridgehead atoms. The van der Waals surface area contributed by atoms with Gasteiger partial charge in [-0.25, -0.2) is 0 Å². The number of anilines is 1. The van der Waals surface area contributed by atoms with Crippen LogP contribution >= 0.6 is 12.4 Å². The highest BCUT2D eigenvalue weighted by molar-refractivity contribution is 6.03. The smallest absolute Gasteiger partial charge is 0.253 e. The number of hydrogen-bond acceptors (Lipinski definition) is 3. The van der Waals surface area contributed by atoms with E-state index < -0.39 is 0 Å². The summed E-state index contributed by atoms with van der Waals surface area (Å²) in [6, 6.07) is 7.09. The van der Waals surface area contributed by atoms with Crippen molar-refractivity contribution in [1.82, 2.24) is 10.6 Å². The standard InChI is InChI=1S/C15H23N3O2.ClH/c1-11(2)17-15(20)12-7-4-5-8-13(12)18-14(19)9-6-10-16-3;/h4-5,7-8,11,16H,6,9-10H2,1-3H3,(H,17,20)(H,18,19);1H. The van der Waals surface area contributed by atoms with Crippen LogP contribution in [0.1, 0.15) is 37.0 Å². The van der Waals surface area contributed by atoms with Gasteiger partial charge in [-0.2, -0.15) is 0 Å². The second-order valence-corrected chi connectivity index (χ2v) is 4.93. The highest BCUT2D eigenvalue weighted by Gasteiger charge is 2.13. The summed E-state index contributed by atoms with van der Waals surface area (Å²) in [5.74, 6) is -0.254. The van der Waals surface area contributed by atoms with Gasteiger partial charge in [0.15, 0.2) is 0 Å². The van der Waals surface area contributed by atoms with E-state index >= 15 is 0 Å². The van der Waals surface area contributed by atoms with Gasteiger partial charge in [-0.1, -0.05) is 12.1 Å². The molecule has 118 valence electrons. The number of hydrogen-bond donors (Lipinski definition) is 3. The van der Waals surface area contributed by atoms with Crippen LogP contribution in [0.4, 0.5) is 5.69 Å². The molecule has 1 rings (SSSR count). The molecule has 2 amide bonds. The largest absolute Gasteiger partial charge is 0.350 e. The summed E-state index contributed by atoms with van der Waals surface area (Å²) in [5, 5.41) is 8.61. The van der Waals surface area contributed by atoms with Gasteiger partial charge in [0.1, 0.15) is 0 Å². The van der Waals surface area contributed by atoms with Crippen LogP contribution in [-0.4, -0.2) is 31.4 Å². The van der Waals surface area contributed by atoms with Crippen molar-refractivity contribution in [3.8, 4) is 0 Å². The van der Waals surface area contributed by atoms with E-state index in [0.29, 0.717) is 17.7 Å². The molecule has 0 aliphatic heterocycles. The highest BCUT2D eigenvalue weighted by Crippen LogP contribution is 2.15. The number of nitrogens with one attached hydrogen (secondary N) is 3. The molecule has 1 aromatic rings. The van der Waals surface area contributed by atoms with E-state index in [4.69, 9.17) is 0 Å². The fourth-order valence-electron chi connectivity index (χ4n) is 1.77. The average molecular weight is 314 g/mol. The Hall–Kier alpha value is -1.59. The number of para-hydroxylation sites is 1.